The standard InChI is InChI=1S/C14H22N2O5S/c1-5-9-8-14(9,15-12(18)21-13(2,3)4)11(17)16-22(19,20)10-6-7-10/h5,9-10H,1,6-8H2,2-4H3,(H,15,18)(H,16,17)/t9-,14?/m0/s1. The summed E-state index contributed by atoms with van der Waals surface area (Å²) in [6, 6.07) is 0. The highest BCUT2D eigenvalue weighted by atomic mass is 32.2. The van der Waals surface area contributed by atoms with Crippen molar-refractivity contribution < 1.29 is 22.7 Å². The average molecular weight is 330 g/mol. The zero-order valence-corrected chi connectivity index (χ0v) is 13.8. The van der Waals surface area contributed by atoms with E-state index in [1.807, 2.05) is 0 Å². The summed E-state index contributed by atoms with van der Waals surface area (Å²) in [5.41, 5.74) is -1.99. The molecule has 2 aliphatic carbocycles. The van der Waals surface area contributed by atoms with Gasteiger partial charge in [0.05, 0.1) is 5.25 Å². The molecular weight excluding hydrogens is 308 g/mol. The van der Waals surface area contributed by atoms with Gasteiger partial charge < -0.3 is 10.1 Å². The summed E-state index contributed by atoms with van der Waals surface area (Å²) < 4.78 is 31.0. The van der Waals surface area contributed by atoms with Gasteiger partial charge in [-0.25, -0.2) is 13.2 Å². The fraction of sp³-hybridized carbons (Fsp3) is 0.714. The summed E-state index contributed by atoms with van der Waals surface area (Å²) in [6.45, 7) is 8.71. The van der Waals surface area contributed by atoms with Crippen molar-refractivity contribution in [2.45, 2.75) is 56.4 Å². The van der Waals surface area contributed by atoms with E-state index < -0.39 is 38.4 Å². The van der Waals surface area contributed by atoms with Crippen molar-refractivity contribution in [1.29, 1.82) is 0 Å². The zero-order chi connectivity index (χ0) is 16.8. The second-order valence-corrected chi connectivity index (χ2v) is 8.78. The minimum absolute atomic E-state index is 0.307. The molecule has 0 heterocycles. The normalized spacial score (nSPS) is 27.7. The van der Waals surface area contributed by atoms with Gasteiger partial charge in [-0.15, -0.1) is 6.58 Å². The lowest BCUT2D eigenvalue weighted by Crippen LogP contribution is -2.53. The first-order chi connectivity index (χ1) is 10.00. The van der Waals surface area contributed by atoms with Gasteiger partial charge in [-0.1, -0.05) is 6.08 Å². The molecule has 0 aromatic rings. The smallest absolute Gasteiger partial charge is 0.408 e. The number of rotatable bonds is 5. The molecule has 22 heavy (non-hydrogen) atoms. The van der Waals surface area contributed by atoms with E-state index in [0.29, 0.717) is 19.3 Å². The lowest BCUT2D eigenvalue weighted by atomic mass is 10.2. The number of sulfonamides is 1. The fourth-order valence-corrected chi connectivity index (χ4v) is 3.57. The van der Waals surface area contributed by atoms with Crippen LogP contribution in [0.1, 0.15) is 40.0 Å². The summed E-state index contributed by atoms with van der Waals surface area (Å²) in [7, 11) is -3.66. The minimum atomic E-state index is -3.66. The molecule has 2 rings (SSSR count). The van der Waals surface area contributed by atoms with Gasteiger partial charge in [0.15, 0.2) is 0 Å². The Kier molecular flexibility index (Phi) is 4.01. The number of nitrogens with one attached hydrogen (secondary N) is 2. The number of amides is 2. The van der Waals surface area contributed by atoms with Crippen molar-refractivity contribution in [2.24, 2.45) is 5.92 Å². The SMILES string of the molecule is C=C[C@H]1CC1(NC(=O)OC(C)(C)C)C(=O)NS(=O)(=O)C1CC1. The van der Waals surface area contributed by atoms with Crippen LogP contribution in [0.15, 0.2) is 12.7 Å². The first-order valence-electron chi connectivity index (χ1n) is 7.20. The van der Waals surface area contributed by atoms with E-state index in [2.05, 4.69) is 16.6 Å². The quantitative estimate of drug-likeness (QED) is 0.734. The first-order valence-corrected chi connectivity index (χ1v) is 8.74. The lowest BCUT2D eigenvalue weighted by Gasteiger charge is -2.23. The van der Waals surface area contributed by atoms with Gasteiger partial charge in [-0.3, -0.25) is 9.52 Å². The average Bonchev–Trinajstić information content (AvgIpc) is 3.20. The number of hydrogen-bond donors (Lipinski definition) is 2. The van der Waals surface area contributed by atoms with E-state index >= 15 is 0 Å². The van der Waals surface area contributed by atoms with Crippen LogP contribution >= 0.6 is 0 Å². The van der Waals surface area contributed by atoms with Gasteiger partial charge in [0.1, 0.15) is 11.1 Å². The van der Waals surface area contributed by atoms with E-state index in [9.17, 15) is 18.0 Å². The Morgan fingerprint density at radius 3 is 2.32 bits per heavy atom. The van der Waals surface area contributed by atoms with Gasteiger partial charge in [0.25, 0.3) is 5.91 Å². The summed E-state index contributed by atoms with van der Waals surface area (Å²) in [4.78, 5) is 24.2. The van der Waals surface area contributed by atoms with Gasteiger partial charge in [-0.05, 0) is 40.0 Å². The fourth-order valence-electron chi connectivity index (χ4n) is 2.20. The number of carbonyl (C=O) groups is 2. The summed E-state index contributed by atoms with van der Waals surface area (Å²) in [5, 5.41) is 1.99. The van der Waals surface area contributed by atoms with E-state index in [4.69, 9.17) is 4.74 Å². The molecule has 2 aliphatic rings. The predicted molar refractivity (Wildman–Crippen MR) is 80.5 cm³/mol. The third-order valence-corrected chi connectivity index (χ3v) is 5.45. The van der Waals surface area contributed by atoms with Gasteiger partial charge >= 0.3 is 6.09 Å². The third kappa shape index (κ3) is 3.60. The van der Waals surface area contributed by atoms with Crippen molar-refractivity contribution in [3.63, 3.8) is 0 Å². The Labute approximate surface area is 130 Å². The highest BCUT2D eigenvalue weighted by Crippen LogP contribution is 2.45. The molecule has 0 aromatic heterocycles. The monoisotopic (exact) mass is 330 g/mol. The van der Waals surface area contributed by atoms with Crippen molar-refractivity contribution >= 4 is 22.0 Å². The maximum atomic E-state index is 12.3. The number of hydrogen-bond acceptors (Lipinski definition) is 5. The Morgan fingerprint density at radius 1 is 1.32 bits per heavy atom. The Hall–Kier alpha value is -1.57. The van der Waals surface area contributed by atoms with Crippen LogP contribution < -0.4 is 10.0 Å². The zero-order valence-electron chi connectivity index (χ0n) is 13.0. The Balaban J connectivity index is 2.07. The molecule has 7 nitrogen and oxygen atoms in total. The van der Waals surface area contributed by atoms with E-state index in [-0.39, 0.29) is 5.92 Å². The highest BCUT2D eigenvalue weighted by molar-refractivity contribution is 7.90. The van der Waals surface area contributed by atoms with Crippen molar-refractivity contribution in [2.75, 3.05) is 0 Å². The van der Waals surface area contributed by atoms with Crippen LogP contribution in [0.25, 0.3) is 0 Å². The molecule has 124 valence electrons. The van der Waals surface area contributed by atoms with Crippen molar-refractivity contribution in [3.05, 3.63) is 12.7 Å². The molecule has 2 N–H and O–H groups in total. The predicted octanol–water partition coefficient (Wildman–Crippen LogP) is 1.06. The molecule has 0 aromatic carbocycles. The maximum absolute atomic E-state index is 12.3. The molecule has 0 bridgehead atoms. The molecule has 8 heteroatoms. The van der Waals surface area contributed by atoms with Crippen LogP contribution in [-0.2, 0) is 19.6 Å². The minimum Gasteiger partial charge on any atom is -0.444 e. The van der Waals surface area contributed by atoms with Crippen molar-refractivity contribution in [1.82, 2.24) is 10.0 Å². The van der Waals surface area contributed by atoms with E-state index in [0.717, 1.165) is 0 Å². The first kappa shape index (κ1) is 16.8. The maximum Gasteiger partial charge on any atom is 0.408 e. The topological polar surface area (TPSA) is 102 Å². The largest absolute Gasteiger partial charge is 0.444 e. The summed E-state index contributed by atoms with van der Waals surface area (Å²) in [5.74, 6) is -1.04. The molecule has 1 unspecified atom stereocenters. The number of carbonyl (C=O) groups excluding carboxylic acids is 2. The van der Waals surface area contributed by atoms with Crippen LogP contribution in [0.5, 0.6) is 0 Å². The molecule has 2 fully saturated rings. The van der Waals surface area contributed by atoms with Crippen LogP contribution in [0.4, 0.5) is 4.79 Å². The second kappa shape index (κ2) is 5.26. The van der Waals surface area contributed by atoms with E-state index in [1.54, 1.807) is 20.8 Å². The molecule has 2 amide bonds. The molecule has 0 radical (unpaired) electrons. The molecular formula is C14H22N2O5S. The molecule has 0 saturated heterocycles. The van der Waals surface area contributed by atoms with Crippen LogP contribution in [0.2, 0.25) is 0 Å². The summed E-state index contributed by atoms with van der Waals surface area (Å²) >= 11 is 0. The summed E-state index contributed by atoms with van der Waals surface area (Å²) in [6.07, 6.45) is 2.19. The third-order valence-electron chi connectivity index (χ3n) is 3.63. The highest BCUT2D eigenvalue weighted by Gasteiger charge is 2.61. The molecule has 2 saturated carbocycles. The van der Waals surface area contributed by atoms with Crippen LogP contribution in [-0.4, -0.2) is 36.8 Å². The molecule has 2 atom stereocenters. The van der Waals surface area contributed by atoms with Crippen LogP contribution in [0, 0.1) is 5.92 Å². The second-order valence-electron chi connectivity index (χ2n) is 6.82. The Bertz CT molecular complexity index is 603. The van der Waals surface area contributed by atoms with Gasteiger partial charge in [-0.2, -0.15) is 0 Å². The van der Waals surface area contributed by atoms with Crippen LogP contribution in [0.3, 0.4) is 0 Å². The lowest BCUT2D eigenvalue weighted by molar-refractivity contribution is -0.122. The van der Waals surface area contributed by atoms with Gasteiger partial charge in [0.2, 0.25) is 10.0 Å². The molecule has 0 spiro atoms. The van der Waals surface area contributed by atoms with Crippen molar-refractivity contribution in [3.8, 4) is 0 Å². The van der Waals surface area contributed by atoms with Gasteiger partial charge in [0, 0.05) is 5.92 Å². The number of ether oxygens (including phenoxy) is 1. The Morgan fingerprint density at radius 2 is 1.91 bits per heavy atom. The van der Waals surface area contributed by atoms with E-state index in [1.165, 1.54) is 6.08 Å². The molecule has 0 aliphatic heterocycles. The number of alkyl carbamates (subject to hydrolysis) is 1.